The average molecular weight is 322 g/mol. The van der Waals surface area contributed by atoms with Gasteiger partial charge in [0.05, 0.1) is 0 Å². The molecule has 1 N–H and O–H groups in total. The quantitative estimate of drug-likeness (QED) is 0.940. The largest absolute Gasteiger partial charge is 0.353 e. The number of hydrogen-bond donors (Lipinski definition) is 1. The molecule has 0 bridgehead atoms. The molecule has 24 heavy (non-hydrogen) atoms. The van der Waals surface area contributed by atoms with Crippen molar-refractivity contribution in [3.05, 3.63) is 71.8 Å². The number of piperazine rings is 1. The molecule has 1 aliphatic rings. The summed E-state index contributed by atoms with van der Waals surface area (Å²) in [7, 11) is 0. The molecule has 1 fully saturated rings. The smallest absolute Gasteiger partial charge is 0.242 e. The average Bonchev–Trinajstić information content (AvgIpc) is 2.63. The Morgan fingerprint density at radius 2 is 1.62 bits per heavy atom. The van der Waals surface area contributed by atoms with Gasteiger partial charge in [-0.3, -0.25) is 9.59 Å². The van der Waals surface area contributed by atoms with Crippen LogP contribution in [-0.2, 0) is 9.59 Å². The highest BCUT2D eigenvalue weighted by Gasteiger charge is 2.31. The van der Waals surface area contributed by atoms with Crippen LogP contribution in [0.15, 0.2) is 60.7 Å². The number of rotatable bonds is 4. The summed E-state index contributed by atoms with van der Waals surface area (Å²) in [5, 5.41) is 2.80. The minimum Gasteiger partial charge on any atom is -0.353 e. The predicted octanol–water partition coefficient (Wildman–Crippen LogP) is 2.56. The van der Waals surface area contributed by atoms with Gasteiger partial charge in [0.1, 0.15) is 6.04 Å². The number of amides is 2. The Morgan fingerprint density at radius 3 is 2.17 bits per heavy atom. The molecule has 1 heterocycles. The fourth-order valence-corrected chi connectivity index (χ4v) is 3.21. The van der Waals surface area contributed by atoms with Crippen LogP contribution in [0, 0.1) is 0 Å². The van der Waals surface area contributed by atoms with E-state index in [2.05, 4.69) is 29.6 Å². The first-order valence-corrected chi connectivity index (χ1v) is 8.34. The van der Waals surface area contributed by atoms with Gasteiger partial charge >= 0.3 is 0 Å². The summed E-state index contributed by atoms with van der Waals surface area (Å²) in [6.45, 7) is 2.88. The van der Waals surface area contributed by atoms with Crippen LogP contribution in [0.4, 0.5) is 0 Å². The van der Waals surface area contributed by atoms with Crippen molar-refractivity contribution in [1.29, 1.82) is 0 Å². The molecule has 0 spiro atoms. The van der Waals surface area contributed by atoms with Crippen LogP contribution in [0.3, 0.4) is 0 Å². The van der Waals surface area contributed by atoms with Gasteiger partial charge in [0.15, 0.2) is 0 Å². The Morgan fingerprint density at radius 1 is 1.08 bits per heavy atom. The zero-order valence-electron chi connectivity index (χ0n) is 13.8. The van der Waals surface area contributed by atoms with Crippen LogP contribution in [0.1, 0.15) is 30.4 Å². The van der Waals surface area contributed by atoms with E-state index in [1.54, 1.807) is 11.8 Å². The summed E-state index contributed by atoms with van der Waals surface area (Å²) in [5.41, 5.74) is 2.23. The SMILES string of the molecule is C[C@H]1C(=O)NCCN1C(=O)CC(c1ccccc1)c1ccccc1. The van der Waals surface area contributed by atoms with Gasteiger partial charge in [-0.1, -0.05) is 60.7 Å². The third-order valence-corrected chi connectivity index (χ3v) is 4.60. The zero-order valence-corrected chi connectivity index (χ0v) is 13.8. The first kappa shape index (κ1) is 16.2. The van der Waals surface area contributed by atoms with Crippen molar-refractivity contribution in [3.8, 4) is 0 Å². The van der Waals surface area contributed by atoms with Gasteiger partial charge in [-0.25, -0.2) is 0 Å². The number of benzene rings is 2. The van der Waals surface area contributed by atoms with Gasteiger partial charge < -0.3 is 10.2 Å². The molecule has 0 unspecified atom stereocenters. The molecule has 4 nitrogen and oxygen atoms in total. The van der Waals surface area contributed by atoms with Crippen molar-refractivity contribution in [2.24, 2.45) is 0 Å². The minimum atomic E-state index is -0.404. The molecule has 0 saturated carbocycles. The van der Waals surface area contributed by atoms with E-state index in [0.29, 0.717) is 19.5 Å². The van der Waals surface area contributed by atoms with E-state index in [4.69, 9.17) is 0 Å². The summed E-state index contributed by atoms with van der Waals surface area (Å²) in [4.78, 5) is 26.4. The molecular formula is C20H22N2O2. The van der Waals surface area contributed by atoms with E-state index in [-0.39, 0.29) is 17.7 Å². The molecule has 1 aliphatic heterocycles. The normalized spacial score (nSPS) is 17.7. The van der Waals surface area contributed by atoms with Crippen LogP contribution in [0.5, 0.6) is 0 Å². The minimum absolute atomic E-state index is 0.00270. The molecule has 0 radical (unpaired) electrons. The van der Waals surface area contributed by atoms with Crippen molar-refractivity contribution in [1.82, 2.24) is 10.2 Å². The third-order valence-electron chi connectivity index (χ3n) is 4.60. The van der Waals surface area contributed by atoms with Crippen LogP contribution in [-0.4, -0.2) is 35.8 Å². The number of hydrogen-bond acceptors (Lipinski definition) is 2. The van der Waals surface area contributed by atoms with Crippen molar-refractivity contribution in [3.63, 3.8) is 0 Å². The Bertz CT molecular complexity index is 661. The highest BCUT2D eigenvalue weighted by atomic mass is 16.2. The molecule has 2 amide bonds. The molecule has 1 saturated heterocycles. The number of nitrogens with one attached hydrogen (secondary N) is 1. The second-order valence-corrected chi connectivity index (χ2v) is 6.13. The second-order valence-electron chi connectivity index (χ2n) is 6.13. The van der Waals surface area contributed by atoms with Gasteiger partial charge in [0.2, 0.25) is 11.8 Å². The lowest BCUT2D eigenvalue weighted by Gasteiger charge is -2.34. The Balaban J connectivity index is 1.84. The van der Waals surface area contributed by atoms with E-state index < -0.39 is 6.04 Å². The van der Waals surface area contributed by atoms with E-state index in [1.165, 1.54) is 0 Å². The lowest BCUT2D eigenvalue weighted by atomic mass is 9.88. The van der Waals surface area contributed by atoms with Crippen molar-refractivity contribution in [2.45, 2.75) is 25.3 Å². The van der Waals surface area contributed by atoms with Crippen LogP contribution in [0.25, 0.3) is 0 Å². The highest BCUT2D eigenvalue weighted by Crippen LogP contribution is 2.29. The standard InChI is InChI=1S/C20H22N2O2/c1-15-20(24)21-12-13-22(15)19(23)14-18(16-8-4-2-5-9-16)17-10-6-3-7-11-17/h2-11,15,18H,12-14H2,1H3,(H,21,24)/t15-/m0/s1. The lowest BCUT2D eigenvalue weighted by molar-refractivity contribution is -0.142. The Hall–Kier alpha value is -2.62. The first-order valence-electron chi connectivity index (χ1n) is 8.34. The molecule has 0 aliphatic carbocycles. The zero-order chi connectivity index (χ0) is 16.9. The van der Waals surface area contributed by atoms with E-state index >= 15 is 0 Å². The first-order chi connectivity index (χ1) is 11.7. The van der Waals surface area contributed by atoms with Crippen LogP contribution < -0.4 is 5.32 Å². The predicted molar refractivity (Wildman–Crippen MR) is 93.5 cm³/mol. The molecule has 0 aromatic heterocycles. The molecule has 1 atom stereocenters. The molecule has 124 valence electrons. The van der Waals surface area contributed by atoms with E-state index in [0.717, 1.165) is 11.1 Å². The summed E-state index contributed by atoms with van der Waals surface area (Å²) in [6.07, 6.45) is 0.367. The molecule has 4 heteroatoms. The maximum Gasteiger partial charge on any atom is 0.242 e. The molecule has 3 rings (SSSR count). The van der Waals surface area contributed by atoms with Crippen molar-refractivity contribution < 1.29 is 9.59 Å². The maximum atomic E-state index is 12.9. The monoisotopic (exact) mass is 322 g/mol. The number of carbonyl (C=O) groups is 2. The van der Waals surface area contributed by atoms with Gasteiger partial charge in [0, 0.05) is 25.4 Å². The van der Waals surface area contributed by atoms with Gasteiger partial charge in [-0.2, -0.15) is 0 Å². The number of carbonyl (C=O) groups excluding carboxylic acids is 2. The van der Waals surface area contributed by atoms with Gasteiger partial charge in [-0.05, 0) is 18.1 Å². The fourth-order valence-electron chi connectivity index (χ4n) is 3.21. The number of nitrogens with zero attached hydrogens (tertiary/aromatic N) is 1. The Labute approximate surface area is 142 Å². The van der Waals surface area contributed by atoms with E-state index in [1.807, 2.05) is 36.4 Å². The van der Waals surface area contributed by atoms with E-state index in [9.17, 15) is 9.59 Å². The van der Waals surface area contributed by atoms with Gasteiger partial charge in [-0.15, -0.1) is 0 Å². The molecule has 2 aromatic carbocycles. The topological polar surface area (TPSA) is 49.4 Å². The maximum absolute atomic E-state index is 12.9. The highest BCUT2D eigenvalue weighted by molar-refractivity contribution is 5.88. The van der Waals surface area contributed by atoms with Crippen LogP contribution >= 0.6 is 0 Å². The molecule has 2 aromatic rings. The summed E-state index contributed by atoms with van der Waals surface area (Å²) >= 11 is 0. The summed E-state index contributed by atoms with van der Waals surface area (Å²) in [5.74, 6) is -0.0577. The second kappa shape index (κ2) is 7.30. The van der Waals surface area contributed by atoms with Crippen LogP contribution in [0.2, 0.25) is 0 Å². The summed E-state index contributed by atoms with van der Waals surface area (Å²) in [6, 6.07) is 19.7. The van der Waals surface area contributed by atoms with Crippen molar-refractivity contribution >= 4 is 11.8 Å². The summed E-state index contributed by atoms with van der Waals surface area (Å²) < 4.78 is 0. The third kappa shape index (κ3) is 3.48. The van der Waals surface area contributed by atoms with Crippen molar-refractivity contribution in [2.75, 3.05) is 13.1 Å². The lowest BCUT2D eigenvalue weighted by Crippen LogP contribution is -2.56. The molecular weight excluding hydrogens is 300 g/mol. The Kier molecular flexibility index (Phi) is 4.94. The van der Waals surface area contributed by atoms with Gasteiger partial charge in [0.25, 0.3) is 0 Å². The fraction of sp³-hybridized carbons (Fsp3) is 0.300.